The molecule has 0 aliphatic rings. The summed E-state index contributed by atoms with van der Waals surface area (Å²) in [6.45, 7) is 1.70. The van der Waals surface area contributed by atoms with Crippen LogP contribution in [0.2, 0.25) is 5.15 Å². The minimum atomic E-state index is -4.46. The quantitative estimate of drug-likeness (QED) is 0.813. The van der Waals surface area contributed by atoms with Gasteiger partial charge < -0.3 is 0 Å². The fourth-order valence-electron chi connectivity index (χ4n) is 2.03. The summed E-state index contributed by atoms with van der Waals surface area (Å²) in [6.07, 6.45) is -3.00. The molecule has 0 atom stereocenters. The van der Waals surface area contributed by atoms with Gasteiger partial charge in [0.2, 0.25) is 0 Å². The predicted octanol–water partition coefficient (Wildman–Crippen LogP) is 4.50. The van der Waals surface area contributed by atoms with Gasteiger partial charge in [0.1, 0.15) is 5.15 Å². The molecule has 0 bridgehead atoms. The standard InChI is InChI=1S/C14H14ClF3N2/c1-10-12(14(16,17)18)19-20(13(10)15)9-5-8-11-6-3-2-4-7-11/h2-4,6-7H,5,8-9H2,1H3. The van der Waals surface area contributed by atoms with Gasteiger partial charge in [-0.25, -0.2) is 0 Å². The van der Waals surface area contributed by atoms with E-state index in [-0.39, 0.29) is 10.7 Å². The lowest BCUT2D eigenvalue weighted by atomic mass is 10.1. The molecule has 6 heteroatoms. The van der Waals surface area contributed by atoms with Gasteiger partial charge in [0.15, 0.2) is 5.69 Å². The van der Waals surface area contributed by atoms with Crippen LogP contribution in [0.25, 0.3) is 0 Å². The van der Waals surface area contributed by atoms with Crippen LogP contribution < -0.4 is 0 Å². The highest BCUT2D eigenvalue weighted by molar-refractivity contribution is 6.30. The molecular formula is C14H14ClF3N2. The summed E-state index contributed by atoms with van der Waals surface area (Å²) in [5, 5.41) is 3.63. The largest absolute Gasteiger partial charge is 0.435 e. The molecular weight excluding hydrogens is 289 g/mol. The molecule has 1 aromatic carbocycles. The van der Waals surface area contributed by atoms with E-state index in [0.29, 0.717) is 13.0 Å². The number of rotatable bonds is 4. The molecule has 0 saturated heterocycles. The van der Waals surface area contributed by atoms with Crippen LogP contribution in [0, 0.1) is 6.92 Å². The first-order valence-electron chi connectivity index (χ1n) is 6.23. The van der Waals surface area contributed by atoms with Crippen LogP contribution in [0.4, 0.5) is 13.2 Å². The van der Waals surface area contributed by atoms with Gasteiger partial charge in [0, 0.05) is 12.1 Å². The van der Waals surface area contributed by atoms with E-state index < -0.39 is 11.9 Å². The van der Waals surface area contributed by atoms with Crippen molar-refractivity contribution in [3.63, 3.8) is 0 Å². The Labute approximate surface area is 120 Å². The van der Waals surface area contributed by atoms with Crippen molar-refractivity contribution < 1.29 is 13.2 Å². The third-order valence-corrected chi connectivity index (χ3v) is 3.54. The molecule has 2 rings (SSSR count). The van der Waals surface area contributed by atoms with Crippen LogP contribution in [0.5, 0.6) is 0 Å². The number of hydrogen-bond acceptors (Lipinski definition) is 1. The molecule has 108 valence electrons. The Bertz CT molecular complexity index is 576. The maximum absolute atomic E-state index is 12.7. The Hall–Kier alpha value is -1.49. The molecule has 0 fully saturated rings. The molecule has 2 aromatic rings. The highest BCUT2D eigenvalue weighted by atomic mass is 35.5. The van der Waals surface area contributed by atoms with E-state index in [1.54, 1.807) is 0 Å². The van der Waals surface area contributed by atoms with E-state index >= 15 is 0 Å². The normalized spacial score (nSPS) is 11.8. The van der Waals surface area contributed by atoms with Gasteiger partial charge in [-0.3, -0.25) is 4.68 Å². The van der Waals surface area contributed by atoms with E-state index in [4.69, 9.17) is 11.6 Å². The van der Waals surface area contributed by atoms with Crippen molar-refractivity contribution in [1.29, 1.82) is 0 Å². The van der Waals surface area contributed by atoms with Crippen molar-refractivity contribution in [2.75, 3.05) is 0 Å². The summed E-state index contributed by atoms with van der Waals surface area (Å²) in [5.41, 5.74) is 0.227. The summed E-state index contributed by atoms with van der Waals surface area (Å²) in [4.78, 5) is 0. The lowest BCUT2D eigenvalue weighted by molar-refractivity contribution is -0.141. The summed E-state index contributed by atoms with van der Waals surface area (Å²) in [6, 6.07) is 9.76. The molecule has 0 amide bonds. The molecule has 0 unspecified atom stereocenters. The van der Waals surface area contributed by atoms with Gasteiger partial charge >= 0.3 is 6.18 Å². The highest BCUT2D eigenvalue weighted by Crippen LogP contribution is 2.33. The number of aromatic nitrogens is 2. The fourth-order valence-corrected chi connectivity index (χ4v) is 2.24. The smallest absolute Gasteiger partial charge is 0.253 e. The number of nitrogens with zero attached hydrogens (tertiary/aromatic N) is 2. The number of hydrogen-bond donors (Lipinski definition) is 0. The average molecular weight is 303 g/mol. The maximum atomic E-state index is 12.7. The Kier molecular flexibility index (Phi) is 4.38. The summed E-state index contributed by atoms with van der Waals surface area (Å²) in [7, 11) is 0. The summed E-state index contributed by atoms with van der Waals surface area (Å²) in [5.74, 6) is 0. The second kappa shape index (κ2) is 5.87. The Morgan fingerprint density at radius 2 is 1.85 bits per heavy atom. The minimum Gasteiger partial charge on any atom is -0.253 e. The number of halogens is 4. The minimum absolute atomic E-state index is 0.0149. The van der Waals surface area contributed by atoms with Gasteiger partial charge in [-0.1, -0.05) is 41.9 Å². The zero-order chi connectivity index (χ0) is 14.8. The zero-order valence-electron chi connectivity index (χ0n) is 10.9. The van der Waals surface area contributed by atoms with E-state index in [2.05, 4.69) is 5.10 Å². The molecule has 0 spiro atoms. The van der Waals surface area contributed by atoms with Gasteiger partial charge in [0.25, 0.3) is 0 Å². The van der Waals surface area contributed by atoms with Gasteiger partial charge in [0.05, 0.1) is 0 Å². The van der Waals surface area contributed by atoms with E-state index in [1.807, 2.05) is 30.3 Å². The van der Waals surface area contributed by atoms with Crippen LogP contribution in [-0.2, 0) is 19.1 Å². The SMILES string of the molecule is Cc1c(C(F)(F)F)nn(CCCc2ccccc2)c1Cl. The van der Waals surface area contributed by atoms with E-state index in [0.717, 1.165) is 12.0 Å². The second-order valence-electron chi connectivity index (χ2n) is 4.57. The van der Waals surface area contributed by atoms with Crippen LogP contribution in [-0.4, -0.2) is 9.78 Å². The summed E-state index contributed by atoms with van der Waals surface area (Å²) >= 11 is 5.90. The topological polar surface area (TPSA) is 17.8 Å². The summed E-state index contributed by atoms with van der Waals surface area (Å²) < 4.78 is 39.3. The lowest BCUT2D eigenvalue weighted by Crippen LogP contribution is -2.09. The number of benzene rings is 1. The van der Waals surface area contributed by atoms with Crippen molar-refractivity contribution in [2.45, 2.75) is 32.5 Å². The second-order valence-corrected chi connectivity index (χ2v) is 4.93. The Morgan fingerprint density at radius 3 is 2.40 bits per heavy atom. The molecule has 2 nitrogen and oxygen atoms in total. The number of aryl methyl sites for hydroxylation is 2. The van der Waals surface area contributed by atoms with Crippen LogP contribution >= 0.6 is 11.6 Å². The molecule has 0 aliphatic heterocycles. The van der Waals surface area contributed by atoms with Crippen molar-refractivity contribution in [3.8, 4) is 0 Å². The molecule has 20 heavy (non-hydrogen) atoms. The molecule has 0 aliphatic carbocycles. The van der Waals surface area contributed by atoms with Crippen molar-refractivity contribution in [2.24, 2.45) is 0 Å². The molecule has 0 radical (unpaired) electrons. The average Bonchev–Trinajstić information content (AvgIpc) is 2.68. The van der Waals surface area contributed by atoms with Crippen LogP contribution in [0.3, 0.4) is 0 Å². The maximum Gasteiger partial charge on any atom is 0.435 e. The van der Waals surface area contributed by atoms with Crippen molar-refractivity contribution >= 4 is 11.6 Å². The Morgan fingerprint density at radius 1 is 1.20 bits per heavy atom. The van der Waals surface area contributed by atoms with Gasteiger partial charge in [-0.05, 0) is 25.3 Å². The first-order chi connectivity index (χ1) is 9.39. The molecule has 0 N–H and O–H groups in total. The molecule has 1 heterocycles. The zero-order valence-corrected chi connectivity index (χ0v) is 11.7. The van der Waals surface area contributed by atoms with E-state index in [1.165, 1.54) is 11.6 Å². The van der Waals surface area contributed by atoms with Crippen LogP contribution in [0.15, 0.2) is 30.3 Å². The highest BCUT2D eigenvalue weighted by Gasteiger charge is 2.37. The molecule has 0 saturated carbocycles. The number of alkyl halides is 3. The van der Waals surface area contributed by atoms with Gasteiger partial charge in [-0.2, -0.15) is 18.3 Å². The third-order valence-electron chi connectivity index (χ3n) is 3.06. The third kappa shape index (κ3) is 3.33. The van der Waals surface area contributed by atoms with Crippen molar-refractivity contribution in [3.05, 3.63) is 52.3 Å². The lowest BCUT2D eigenvalue weighted by Gasteiger charge is -2.04. The Balaban J connectivity index is 2.04. The van der Waals surface area contributed by atoms with E-state index in [9.17, 15) is 13.2 Å². The molecule has 1 aromatic heterocycles. The van der Waals surface area contributed by atoms with Crippen LogP contribution in [0.1, 0.15) is 23.2 Å². The van der Waals surface area contributed by atoms with Crippen molar-refractivity contribution in [1.82, 2.24) is 9.78 Å². The fraction of sp³-hybridized carbons (Fsp3) is 0.357. The predicted molar refractivity (Wildman–Crippen MR) is 71.7 cm³/mol. The first-order valence-corrected chi connectivity index (χ1v) is 6.61. The van der Waals surface area contributed by atoms with Gasteiger partial charge in [-0.15, -0.1) is 0 Å². The first kappa shape index (κ1) is 14.9. The monoisotopic (exact) mass is 302 g/mol.